The number of carbonyl (C=O) groups is 1. The van der Waals surface area contributed by atoms with Crippen LogP contribution in [0.5, 0.6) is 0 Å². The van der Waals surface area contributed by atoms with Crippen LogP contribution in [0.2, 0.25) is 0 Å². The summed E-state index contributed by atoms with van der Waals surface area (Å²) in [7, 11) is 0. The Morgan fingerprint density at radius 3 is 2.38 bits per heavy atom. The normalized spacial score (nSPS) is 22.5. The largest absolute Gasteiger partial charge is 0.389 e. The first-order valence-electron chi connectivity index (χ1n) is 12.5. The molecule has 0 saturated carbocycles. The third-order valence-electron chi connectivity index (χ3n) is 8.14. The first kappa shape index (κ1) is 23.1. The molecule has 180 valence electrons. The molecule has 1 amide bonds. The Balaban J connectivity index is 1.11. The van der Waals surface area contributed by atoms with E-state index < -0.39 is 11.7 Å². The van der Waals surface area contributed by atoms with E-state index in [1.165, 1.54) is 11.3 Å². The summed E-state index contributed by atoms with van der Waals surface area (Å²) in [5.74, 6) is -0.0489. The molecule has 2 aromatic carbocycles. The maximum atomic E-state index is 12.6. The van der Waals surface area contributed by atoms with E-state index in [2.05, 4.69) is 34.5 Å². The van der Waals surface area contributed by atoms with Crippen LogP contribution in [0.25, 0.3) is 6.08 Å². The van der Waals surface area contributed by atoms with Crippen molar-refractivity contribution in [3.63, 3.8) is 0 Å². The van der Waals surface area contributed by atoms with Crippen LogP contribution in [0.15, 0.2) is 60.7 Å². The van der Waals surface area contributed by atoms with Crippen molar-refractivity contribution < 1.29 is 15.0 Å². The van der Waals surface area contributed by atoms with Crippen LogP contribution in [-0.4, -0.2) is 76.9 Å². The highest BCUT2D eigenvalue weighted by Gasteiger charge is 2.44. The van der Waals surface area contributed by atoms with Gasteiger partial charge < -0.3 is 25.3 Å². The van der Waals surface area contributed by atoms with Crippen LogP contribution in [0.1, 0.15) is 36.8 Å². The molecule has 0 radical (unpaired) electrons. The van der Waals surface area contributed by atoms with Gasteiger partial charge in [0.1, 0.15) is 0 Å². The molecule has 0 bridgehead atoms. The summed E-state index contributed by atoms with van der Waals surface area (Å²) in [6, 6.07) is 18.3. The van der Waals surface area contributed by atoms with Crippen LogP contribution >= 0.6 is 0 Å². The van der Waals surface area contributed by atoms with Gasteiger partial charge in [0.25, 0.3) is 0 Å². The summed E-state index contributed by atoms with van der Waals surface area (Å²) in [5, 5.41) is 25.7. The maximum Gasteiger partial charge on any atom is 0.246 e. The van der Waals surface area contributed by atoms with E-state index in [0.717, 1.165) is 38.0 Å². The lowest BCUT2D eigenvalue weighted by molar-refractivity contribution is -0.140. The highest BCUT2D eigenvalue weighted by Crippen LogP contribution is 2.44. The van der Waals surface area contributed by atoms with Crippen molar-refractivity contribution in [3.05, 3.63) is 71.8 Å². The minimum Gasteiger partial charge on any atom is -0.389 e. The molecule has 0 aliphatic carbocycles. The van der Waals surface area contributed by atoms with E-state index in [-0.39, 0.29) is 11.3 Å². The SMILES string of the molecule is O=C(/C=C/c1ccccc1)N1CCC(O)([C@H](O)CN2CCC3(CC2)CNc2ccccc23)CC1. The van der Waals surface area contributed by atoms with Crippen molar-refractivity contribution >= 4 is 17.7 Å². The predicted molar refractivity (Wildman–Crippen MR) is 135 cm³/mol. The first-order chi connectivity index (χ1) is 16.5. The zero-order valence-electron chi connectivity index (χ0n) is 19.7. The number of rotatable bonds is 5. The number of hydrogen-bond donors (Lipinski definition) is 3. The smallest absolute Gasteiger partial charge is 0.246 e. The topological polar surface area (TPSA) is 76.0 Å². The maximum absolute atomic E-state index is 12.6. The number of anilines is 1. The average Bonchev–Trinajstić information content (AvgIpc) is 3.23. The molecule has 34 heavy (non-hydrogen) atoms. The number of aliphatic hydroxyl groups excluding tert-OH is 1. The Morgan fingerprint density at radius 2 is 1.65 bits per heavy atom. The number of carbonyl (C=O) groups excluding carboxylic acids is 1. The summed E-state index contributed by atoms with van der Waals surface area (Å²) in [6.45, 7) is 4.20. The van der Waals surface area contributed by atoms with Gasteiger partial charge in [-0.05, 0) is 62.0 Å². The average molecular weight is 462 g/mol. The predicted octanol–water partition coefficient (Wildman–Crippen LogP) is 2.87. The molecule has 6 heteroatoms. The van der Waals surface area contributed by atoms with Crippen molar-refractivity contribution in [2.24, 2.45) is 0 Å². The fourth-order valence-electron chi connectivity index (χ4n) is 5.77. The van der Waals surface area contributed by atoms with E-state index in [4.69, 9.17) is 0 Å². The van der Waals surface area contributed by atoms with Crippen LogP contribution in [0.3, 0.4) is 0 Å². The molecule has 3 N–H and O–H groups in total. The van der Waals surface area contributed by atoms with Crippen LogP contribution < -0.4 is 5.32 Å². The summed E-state index contributed by atoms with van der Waals surface area (Å²) in [6.07, 6.45) is 5.50. The Hall–Kier alpha value is -2.67. The van der Waals surface area contributed by atoms with Crippen LogP contribution in [0, 0.1) is 0 Å². The van der Waals surface area contributed by atoms with Gasteiger partial charge in [-0.2, -0.15) is 0 Å². The fourth-order valence-corrected chi connectivity index (χ4v) is 5.77. The van der Waals surface area contributed by atoms with Gasteiger partial charge in [-0.1, -0.05) is 48.5 Å². The Bertz CT molecular complexity index is 1020. The van der Waals surface area contributed by atoms with Gasteiger partial charge >= 0.3 is 0 Å². The number of amides is 1. The molecular formula is C28H35N3O3. The van der Waals surface area contributed by atoms with E-state index in [1.54, 1.807) is 11.0 Å². The molecule has 2 fully saturated rings. The quantitative estimate of drug-likeness (QED) is 0.597. The lowest BCUT2D eigenvalue weighted by atomic mass is 9.74. The van der Waals surface area contributed by atoms with Gasteiger partial charge in [-0.3, -0.25) is 4.79 Å². The minimum atomic E-state index is -1.14. The number of benzene rings is 2. The molecule has 0 aromatic heterocycles. The van der Waals surface area contributed by atoms with Gasteiger partial charge in [0.2, 0.25) is 5.91 Å². The molecule has 0 unspecified atom stereocenters. The van der Waals surface area contributed by atoms with Gasteiger partial charge in [0.15, 0.2) is 0 Å². The second-order valence-electron chi connectivity index (χ2n) is 10.2. The number of aliphatic hydroxyl groups is 2. The summed E-state index contributed by atoms with van der Waals surface area (Å²) >= 11 is 0. The molecular weight excluding hydrogens is 426 g/mol. The van der Waals surface area contributed by atoms with Gasteiger partial charge in [-0.25, -0.2) is 0 Å². The summed E-state index contributed by atoms with van der Waals surface area (Å²) in [5.41, 5.74) is 2.71. The molecule has 3 aliphatic rings. The van der Waals surface area contributed by atoms with E-state index in [1.807, 2.05) is 36.4 Å². The van der Waals surface area contributed by atoms with Crippen LogP contribution in [-0.2, 0) is 10.2 Å². The number of para-hydroxylation sites is 1. The number of hydrogen-bond acceptors (Lipinski definition) is 5. The highest BCUT2D eigenvalue weighted by atomic mass is 16.3. The Morgan fingerprint density at radius 1 is 0.971 bits per heavy atom. The molecule has 1 atom stereocenters. The Kier molecular flexibility index (Phi) is 6.47. The van der Waals surface area contributed by atoms with Crippen molar-refractivity contribution in [2.75, 3.05) is 44.6 Å². The number of likely N-dealkylation sites (tertiary alicyclic amines) is 2. The number of fused-ring (bicyclic) bond motifs is 2. The van der Waals surface area contributed by atoms with Crippen molar-refractivity contribution in [2.45, 2.75) is 42.8 Å². The lowest BCUT2D eigenvalue weighted by Gasteiger charge is -2.44. The molecule has 2 aromatic rings. The van der Waals surface area contributed by atoms with Crippen molar-refractivity contribution in [1.82, 2.24) is 9.80 Å². The number of nitrogens with one attached hydrogen (secondary N) is 1. The summed E-state index contributed by atoms with van der Waals surface area (Å²) in [4.78, 5) is 16.6. The van der Waals surface area contributed by atoms with Gasteiger partial charge in [-0.15, -0.1) is 0 Å². The molecule has 3 aliphatic heterocycles. The number of piperidine rings is 2. The zero-order valence-corrected chi connectivity index (χ0v) is 19.7. The van der Waals surface area contributed by atoms with E-state index >= 15 is 0 Å². The van der Waals surface area contributed by atoms with E-state index in [9.17, 15) is 15.0 Å². The van der Waals surface area contributed by atoms with Crippen LogP contribution in [0.4, 0.5) is 5.69 Å². The highest BCUT2D eigenvalue weighted by molar-refractivity contribution is 5.91. The third-order valence-corrected chi connectivity index (χ3v) is 8.14. The van der Waals surface area contributed by atoms with Crippen molar-refractivity contribution in [3.8, 4) is 0 Å². The molecule has 2 saturated heterocycles. The molecule has 1 spiro atoms. The second kappa shape index (κ2) is 9.53. The third kappa shape index (κ3) is 4.63. The molecule has 5 rings (SSSR count). The monoisotopic (exact) mass is 461 g/mol. The first-order valence-corrected chi connectivity index (χ1v) is 12.5. The number of β-amino-alcohol motifs (C(OH)–C–C–N with tert-alkyl or cyclic N) is 1. The molecule has 3 heterocycles. The molecule has 6 nitrogen and oxygen atoms in total. The minimum absolute atomic E-state index is 0.0489. The van der Waals surface area contributed by atoms with Gasteiger partial charge in [0.05, 0.1) is 11.7 Å². The second-order valence-corrected chi connectivity index (χ2v) is 10.2. The zero-order chi connectivity index (χ0) is 23.6. The summed E-state index contributed by atoms with van der Waals surface area (Å²) < 4.78 is 0. The fraction of sp³-hybridized carbons (Fsp3) is 0.464. The lowest BCUT2D eigenvalue weighted by Crippen LogP contribution is -2.56. The standard InChI is InChI=1S/C28H35N3O3/c32-25(20-30-16-12-27(13-17-30)21-29-24-9-5-4-8-23(24)27)28(34)14-18-31(19-15-28)26(33)11-10-22-6-2-1-3-7-22/h1-11,25,29,32,34H,12-21H2/b11-10+/t25-/m1/s1. The number of nitrogens with zero attached hydrogens (tertiary/aromatic N) is 2. The van der Waals surface area contributed by atoms with E-state index in [0.29, 0.717) is 32.5 Å². The van der Waals surface area contributed by atoms with Gasteiger partial charge in [0, 0.05) is 43.4 Å². The van der Waals surface area contributed by atoms with Crippen molar-refractivity contribution in [1.29, 1.82) is 0 Å². The Labute approximate surface area is 201 Å².